The van der Waals surface area contributed by atoms with E-state index in [0.29, 0.717) is 24.4 Å². The number of hydrogen-bond donors (Lipinski definition) is 4. The van der Waals surface area contributed by atoms with Crippen LogP contribution < -0.4 is 11.1 Å². The summed E-state index contributed by atoms with van der Waals surface area (Å²) in [5.41, 5.74) is 3.92. The number of carbonyl (C=O) groups is 4. The largest absolute Gasteiger partial charge is 0.467 e. The minimum absolute atomic E-state index is 0.0247. The summed E-state index contributed by atoms with van der Waals surface area (Å²) in [4.78, 5) is 49.9. The van der Waals surface area contributed by atoms with Crippen LogP contribution in [-0.2, 0) is 23.9 Å². The van der Waals surface area contributed by atoms with Gasteiger partial charge in [-0.25, -0.2) is 9.59 Å². The van der Waals surface area contributed by atoms with Crippen molar-refractivity contribution in [2.24, 2.45) is 11.7 Å². The molecule has 12 nitrogen and oxygen atoms in total. The first-order valence-electron chi connectivity index (χ1n) is 9.30. The van der Waals surface area contributed by atoms with Gasteiger partial charge in [-0.15, -0.1) is 0 Å². The highest BCUT2D eigenvalue weighted by Crippen LogP contribution is 2.55. The van der Waals surface area contributed by atoms with Crippen molar-refractivity contribution >= 4 is 23.6 Å². The number of methoxy groups -OCH3 is 2. The standard InChI is InChI=1S/C17H19N3O6.CH3NO2/c1-25-16(24)10-5-19(10)9-3-11(22)13-12(14(9)23)7(6-21)17(26-2)15-8(18-15)4-20(13)17;2-1(3)4/h3,7-8,10,15,18,21H,4-6H2,1-2H3;2H2,(H,3,4). The summed E-state index contributed by atoms with van der Waals surface area (Å²) in [7, 11) is 2.83. The number of aliphatic hydroxyl groups excluding tert-OH is 1. The van der Waals surface area contributed by atoms with Gasteiger partial charge in [-0.2, -0.15) is 0 Å². The first-order valence-corrected chi connectivity index (χ1v) is 9.30. The minimum Gasteiger partial charge on any atom is -0.467 e. The molecule has 4 aliphatic heterocycles. The molecule has 0 aromatic rings. The molecular formula is C18H22N4O8. The van der Waals surface area contributed by atoms with Crippen molar-refractivity contribution in [3.63, 3.8) is 0 Å². The third-order valence-corrected chi connectivity index (χ3v) is 6.19. The van der Waals surface area contributed by atoms with Crippen LogP contribution >= 0.6 is 0 Å². The van der Waals surface area contributed by atoms with Crippen LogP contribution in [0.15, 0.2) is 23.0 Å². The Bertz CT molecular complexity index is 910. The fourth-order valence-corrected chi connectivity index (χ4v) is 4.92. The van der Waals surface area contributed by atoms with Crippen molar-refractivity contribution in [1.29, 1.82) is 0 Å². The molecule has 5 N–H and O–H groups in total. The Hall–Kier alpha value is -2.96. The molecule has 5 unspecified atom stereocenters. The van der Waals surface area contributed by atoms with E-state index >= 15 is 0 Å². The van der Waals surface area contributed by atoms with Crippen molar-refractivity contribution in [3.8, 4) is 0 Å². The Balaban J connectivity index is 0.000000503. The van der Waals surface area contributed by atoms with Crippen LogP contribution in [0, 0.1) is 5.92 Å². The van der Waals surface area contributed by atoms with Crippen LogP contribution in [0.5, 0.6) is 0 Å². The van der Waals surface area contributed by atoms with Gasteiger partial charge in [0.2, 0.25) is 11.6 Å². The molecule has 1 aliphatic carbocycles. The number of allylic oxidation sites excluding steroid dienone is 2. The summed E-state index contributed by atoms with van der Waals surface area (Å²) in [6.07, 6.45) is -0.0400. The third-order valence-electron chi connectivity index (χ3n) is 6.19. The fraction of sp³-hybridized carbons (Fsp3) is 0.556. The summed E-state index contributed by atoms with van der Waals surface area (Å²) >= 11 is 0. The van der Waals surface area contributed by atoms with Crippen LogP contribution in [0.4, 0.5) is 4.79 Å². The molecule has 162 valence electrons. The summed E-state index contributed by atoms with van der Waals surface area (Å²) in [5, 5.41) is 20.6. The smallest absolute Gasteiger partial charge is 0.402 e. The molecule has 5 atom stereocenters. The van der Waals surface area contributed by atoms with Gasteiger partial charge in [0, 0.05) is 31.3 Å². The molecule has 12 heteroatoms. The number of nitrogens with zero attached hydrogens (tertiary/aromatic N) is 2. The van der Waals surface area contributed by atoms with E-state index in [4.69, 9.17) is 19.4 Å². The maximum Gasteiger partial charge on any atom is 0.402 e. The second-order valence-corrected chi connectivity index (χ2v) is 7.57. The van der Waals surface area contributed by atoms with Gasteiger partial charge in [0.1, 0.15) is 6.04 Å². The van der Waals surface area contributed by atoms with Crippen LogP contribution in [0.3, 0.4) is 0 Å². The Kier molecular flexibility index (Phi) is 4.60. The molecule has 5 aliphatic rings. The number of aliphatic hydroxyl groups is 1. The molecule has 1 amide bonds. The summed E-state index contributed by atoms with van der Waals surface area (Å²) in [6, 6.07) is -0.365. The van der Waals surface area contributed by atoms with Crippen molar-refractivity contribution in [2.45, 2.75) is 23.9 Å². The van der Waals surface area contributed by atoms with Gasteiger partial charge in [-0.05, 0) is 0 Å². The van der Waals surface area contributed by atoms with Crippen molar-refractivity contribution in [2.75, 3.05) is 33.9 Å². The molecule has 3 fully saturated rings. The third kappa shape index (κ3) is 2.64. The van der Waals surface area contributed by atoms with Crippen LogP contribution in [0.2, 0.25) is 0 Å². The Morgan fingerprint density at radius 3 is 2.57 bits per heavy atom. The highest BCUT2D eigenvalue weighted by atomic mass is 16.5. The normalized spacial score (nSPS) is 35.1. The number of primary amides is 1. The predicted molar refractivity (Wildman–Crippen MR) is 97.6 cm³/mol. The van der Waals surface area contributed by atoms with Crippen LogP contribution in [0.1, 0.15) is 0 Å². The summed E-state index contributed by atoms with van der Waals surface area (Å²) in [5.74, 6) is -1.67. The van der Waals surface area contributed by atoms with E-state index in [1.165, 1.54) is 20.3 Å². The van der Waals surface area contributed by atoms with Gasteiger partial charge in [-0.1, -0.05) is 0 Å². The molecule has 0 aromatic heterocycles. The van der Waals surface area contributed by atoms with Gasteiger partial charge in [0.05, 0.1) is 43.6 Å². The van der Waals surface area contributed by atoms with Crippen LogP contribution in [-0.4, -0.2) is 101 Å². The van der Waals surface area contributed by atoms with Crippen LogP contribution in [0.25, 0.3) is 0 Å². The number of ether oxygens (including phenoxy) is 2. The number of amides is 1. The molecule has 0 bridgehead atoms. The molecule has 4 heterocycles. The number of carboxylic acid groups (broad SMARTS) is 1. The molecule has 5 rings (SSSR count). The zero-order chi connectivity index (χ0) is 22.0. The number of ketones is 2. The van der Waals surface area contributed by atoms with E-state index in [1.807, 2.05) is 4.90 Å². The molecule has 0 saturated carbocycles. The lowest BCUT2D eigenvalue weighted by Gasteiger charge is -2.39. The number of nitrogens with two attached hydrogens (primary N) is 1. The maximum atomic E-state index is 13.2. The number of piperazine rings is 1. The molecular weight excluding hydrogens is 400 g/mol. The molecule has 0 radical (unpaired) electrons. The maximum absolute atomic E-state index is 13.2. The zero-order valence-electron chi connectivity index (χ0n) is 16.3. The van der Waals surface area contributed by atoms with Crippen molar-refractivity contribution < 1.29 is 38.9 Å². The number of Topliss-reactive ketones (excluding diaryl/α,β-unsaturated/α-hetero) is 1. The van der Waals surface area contributed by atoms with Gasteiger partial charge >= 0.3 is 12.1 Å². The number of fused-ring (bicyclic) bond motifs is 4. The number of hydrogen-bond acceptors (Lipinski definition) is 10. The van der Waals surface area contributed by atoms with E-state index in [-0.39, 0.29) is 36.0 Å². The lowest BCUT2D eigenvalue weighted by molar-refractivity contribution is -0.140. The van der Waals surface area contributed by atoms with Gasteiger partial charge in [0.25, 0.3) is 0 Å². The zero-order valence-corrected chi connectivity index (χ0v) is 16.3. The van der Waals surface area contributed by atoms with Gasteiger partial charge in [-0.3, -0.25) is 9.59 Å². The van der Waals surface area contributed by atoms with E-state index in [2.05, 4.69) is 11.1 Å². The average molecular weight is 422 g/mol. The lowest BCUT2D eigenvalue weighted by atomic mass is 9.84. The van der Waals surface area contributed by atoms with E-state index < -0.39 is 29.7 Å². The summed E-state index contributed by atoms with van der Waals surface area (Å²) < 4.78 is 10.5. The second kappa shape index (κ2) is 6.79. The molecule has 0 spiro atoms. The average Bonchev–Trinajstić information content (AvgIpc) is 3.60. The highest BCUT2D eigenvalue weighted by molar-refractivity contribution is 6.23. The fourth-order valence-electron chi connectivity index (χ4n) is 4.92. The Morgan fingerprint density at radius 2 is 2.00 bits per heavy atom. The van der Waals surface area contributed by atoms with E-state index in [1.54, 1.807) is 4.90 Å². The number of esters is 1. The number of carbonyl (C=O) groups excluding carboxylic acids is 3. The number of nitrogens with one attached hydrogen (secondary N) is 1. The molecule has 0 aromatic carbocycles. The van der Waals surface area contributed by atoms with E-state index in [0.717, 1.165) is 0 Å². The Labute approximate surface area is 170 Å². The first kappa shape index (κ1) is 20.3. The lowest BCUT2D eigenvalue weighted by Crippen LogP contribution is -2.54. The monoisotopic (exact) mass is 422 g/mol. The van der Waals surface area contributed by atoms with Crippen molar-refractivity contribution in [1.82, 2.24) is 15.1 Å². The highest BCUT2D eigenvalue weighted by Gasteiger charge is 2.72. The summed E-state index contributed by atoms with van der Waals surface area (Å²) in [6.45, 7) is 0.598. The Morgan fingerprint density at radius 1 is 1.33 bits per heavy atom. The minimum atomic E-state index is -1.33. The second-order valence-electron chi connectivity index (χ2n) is 7.57. The van der Waals surface area contributed by atoms with Gasteiger partial charge < -0.3 is 40.5 Å². The predicted octanol–water partition coefficient (Wildman–Crippen LogP) is -2.62. The number of rotatable bonds is 4. The molecule has 30 heavy (non-hydrogen) atoms. The topological polar surface area (TPSA) is 181 Å². The van der Waals surface area contributed by atoms with Crippen molar-refractivity contribution in [3.05, 3.63) is 23.0 Å². The van der Waals surface area contributed by atoms with E-state index in [9.17, 15) is 19.5 Å². The first-order chi connectivity index (χ1) is 14.2. The van der Waals surface area contributed by atoms with Gasteiger partial charge in [0.15, 0.2) is 5.72 Å². The SMILES string of the molecule is COC(=O)C1CN1C1=CC(=O)C2=C(C1=O)C(CO)C1(OC)C3NC3CN21.NC(=O)O. The quantitative estimate of drug-likeness (QED) is 0.211. The molecule has 3 saturated heterocycles.